The third-order valence-corrected chi connectivity index (χ3v) is 5.97. The molecule has 0 heterocycles. The predicted molar refractivity (Wildman–Crippen MR) is 132 cm³/mol. The van der Waals surface area contributed by atoms with E-state index in [9.17, 15) is 9.59 Å². The summed E-state index contributed by atoms with van der Waals surface area (Å²) >= 11 is 12.7. The fourth-order valence-corrected chi connectivity index (χ4v) is 4.10. The van der Waals surface area contributed by atoms with Crippen LogP contribution in [0.4, 0.5) is 0 Å². The van der Waals surface area contributed by atoms with Gasteiger partial charge in [-0.15, -0.1) is 0 Å². The maximum atomic E-state index is 13.3. The number of halogens is 2. The van der Waals surface area contributed by atoms with Crippen molar-refractivity contribution in [2.24, 2.45) is 0 Å². The van der Waals surface area contributed by atoms with E-state index in [0.717, 1.165) is 5.56 Å². The molecule has 0 unspecified atom stereocenters. The van der Waals surface area contributed by atoms with Crippen LogP contribution in [0.5, 0.6) is 11.5 Å². The molecule has 2 amide bonds. The molecule has 0 saturated carbocycles. The number of hydrogen-bond acceptors (Lipinski definition) is 4. The SMILES string of the molecule is CCOc1ccc(CCC(=O)N(Cc2c(Cl)cccc2Cl)[C@@H](CC)C(=O)NC)cc1OCC. The number of benzene rings is 2. The van der Waals surface area contributed by atoms with Crippen molar-refractivity contribution in [3.8, 4) is 11.5 Å². The molecule has 0 bridgehead atoms. The van der Waals surface area contributed by atoms with Gasteiger partial charge in [0.25, 0.3) is 0 Å². The summed E-state index contributed by atoms with van der Waals surface area (Å²) < 4.78 is 11.3. The lowest BCUT2D eigenvalue weighted by Gasteiger charge is -2.31. The summed E-state index contributed by atoms with van der Waals surface area (Å²) in [5.74, 6) is 0.942. The highest BCUT2D eigenvalue weighted by molar-refractivity contribution is 6.36. The highest BCUT2D eigenvalue weighted by Gasteiger charge is 2.29. The highest BCUT2D eigenvalue weighted by Crippen LogP contribution is 2.30. The second-order valence-corrected chi connectivity index (χ2v) is 8.22. The van der Waals surface area contributed by atoms with E-state index in [-0.39, 0.29) is 24.8 Å². The quantitative estimate of drug-likeness (QED) is 0.435. The number of rotatable bonds is 12. The summed E-state index contributed by atoms with van der Waals surface area (Å²) in [5, 5.41) is 3.57. The van der Waals surface area contributed by atoms with Gasteiger partial charge in [-0.3, -0.25) is 9.59 Å². The number of likely N-dealkylation sites (N-methyl/N-ethyl adjacent to an activating group) is 1. The highest BCUT2D eigenvalue weighted by atomic mass is 35.5. The zero-order chi connectivity index (χ0) is 24.4. The fraction of sp³-hybridized carbons (Fsp3) is 0.440. The van der Waals surface area contributed by atoms with Gasteiger partial charge in [0.1, 0.15) is 6.04 Å². The maximum Gasteiger partial charge on any atom is 0.242 e. The monoisotopic (exact) mass is 494 g/mol. The Morgan fingerprint density at radius 3 is 2.21 bits per heavy atom. The molecule has 2 rings (SSSR count). The van der Waals surface area contributed by atoms with Gasteiger partial charge in [-0.05, 0) is 56.5 Å². The standard InChI is InChI=1S/C25H32Cl2N2O4/c1-5-21(25(31)28-4)29(16-18-19(26)9-8-10-20(18)27)24(30)14-12-17-11-13-22(32-6-2)23(15-17)33-7-3/h8-11,13,15,21H,5-7,12,14,16H2,1-4H3,(H,28,31)/t21-/m0/s1. The van der Waals surface area contributed by atoms with Gasteiger partial charge in [0.2, 0.25) is 11.8 Å². The molecule has 2 aromatic carbocycles. The summed E-state index contributed by atoms with van der Waals surface area (Å²) in [5.41, 5.74) is 1.57. The van der Waals surface area contributed by atoms with Crippen molar-refractivity contribution < 1.29 is 19.1 Å². The van der Waals surface area contributed by atoms with Crippen molar-refractivity contribution in [2.75, 3.05) is 20.3 Å². The van der Waals surface area contributed by atoms with Gasteiger partial charge in [0.05, 0.1) is 13.2 Å². The molecule has 0 radical (unpaired) electrons. The van der Waals surface area contributed by atoms with Gasteiger partial charge in [-0.2, -0.15) is 0 Å². The topological polar surface area (TPSA) is 67.9 Å². The van der Waals surface area contributed by atoms with Crippen LogP contribution in [0.15, 0.2) is 36.4 Å². The van der Waals surface area contributed by atoms with Gasteiger partial charge in [-0.1, -0.05) is 42.3 Å². The largest absolute Gasteiger partial charge is 0.490 e. The first-order valence-electron chi connectivity index (χ1n) is 11.2. The Bertz CT molecular complexity index is 932. The second-order valence-electron chi connectivity index (χ2n) is 7.41. The summed E-state index contributed by atoms with van der Waals surface area (Å²) in [4.78, 5) is 27.4. The van der Waals surface area contributed by atoms with Crippen molar-refractivity contribution in [2.45, 2.75) is 52.6 Å². The van der Waals surface area contributed by atoms with Gasteiger partial charge >= 0.3 is 0 Å². The number of hydrogen-bond donors (Lipinski definition) is 1. The zero-order valence-electron chi connectivity index (χ0n) is 19.6. The molecule has 180 valence electrons. The number of ether oxygens (including phenoxy) is 2. The Kier molecular flexibility index (Phi) is 10.8. The van der Waals surface area contributed by atoms with Crippen LogP contribution >= 0.6 is 23.2 Å². The molecule has 0 aromatic heterocycles. The Labute approximate surface area is 206 Å². The van der Waals surface area contributed by atoms with Gasteiger partial charge in [0, 0.05) is 35.6 Å². The van der Waals surface area contributed by atoms with E-state index in [0.29, 0.717) is 53.2 Å². The van der Waals surface area contributed by atoms with Crippen LogP contribution in [-0.2, 0) is 22.6 Å². The number of carbonyl (C=O) groups excluding carboxylic acids is 2. The minimum Gasteiger partial charge on any atom is -0.490 e. The van der Waals surface area contributed by atoms with Crippen LogP contribution in [0.25, 0.3) is 0 Å². The van der Waals surface area contributed by atoms with E-state index in [2.05, 4.69) is 5.32 Å². The van der Waals surface area contributed by atoms with E-state index in [1.54, 1.807) is 30.1 Å². The molecule has 0 saturated heterocycles. The van der Waals surface area contributed by atoms with Crippen LogP contribution in [-0.4, -0.2) is 43.0 Å². The first kappa shape index (κ1) is 26.8. The molecule has 2 aromatic rings. The third-order valence-electron chi connectivity index (χ3n) is 5.26. The minimum absolute atomic E-state index is 0.150. The molecule has 8 heteroatoms. The van der Waals surface area contributed by atoms with E-state index in [1.165, 1.54) is 0 Å². The molecule has 6 nitrogen and oxygen atoms in total. The van der Waals surface area contributed by atoms with Crippen LogP contribution in [0.1, 0.15) is 44.7 Å². The van der Waals surface area contributed by atoms with Crippen molar-refractivity contribution >= 4 is 35.0 Å². The Hall–Kier alpha value is -2.44. The number of amides is 2. The molecule has 0 aliphatic carbocycles. The van der Waals surface area contributed by atoms with Crippen molar-refractivity contribution in [3.05, 3.63) is 57.6 Å². The Balaban J connectivity index is 2.26. The average Bonchev–Trinajstić information content (AvgIpc) is 2.80. The van der Waals surface area contributed by atoms with Gasteiger partial charge in [-0.25, -0.2) is 0 Å². The molecule has 0 spiro atoms. The number of nitrogens with zero attached hydrogens (tertiary/aromatic N) is 1. The lowest BCUT2D eigenvalue weighted by molar-refractivity contribution is -0.141. The van der Waals surface area contributed by atoms with Crippen LogP contribution < -0.4 is 14.8 Å². The first-order chi connectivity index (χ1) is 15.9. The molecular weight excluding hydrogens is 463 g/mol. The number of nitrogens with one attached hydrogen (secondary N) is 1. The molecule has 0 fully saturated rings. The molecule has 1 atom stereocenters. The predicted octanol–water partition coefficient (Wildman–Crippen LogP) is 5.28. The number of carbonyl (C=O) groups is 2. The average molecular weight is 495 g/mol. The van der Waals surface area contributed by atoms with Crippen molar-refractivity contribution in [1.82, 2.24) is 10.2 Å². The normalized spacial score (nSPS) is 11.6. The first-order valence-corrected chi connectivity index (χ1v) is 11.9. The van der Waals surface area contributed by atoms with E-state index < -0.39 is 6.04 Å². The summed E-state index contributed by atoms with van der Waals surface area (Å²) in [7, 11) is 1.56. The third kappa shape index (κ3) is 7.27. The lowest BCUT2D eigenvalue weighted by atomic mass is 10.1. The molecule has 0 aliphatic rings. The van der Waals surface area contributed by atoms with Crippen LogP contribution in [0, 0.1) is 0 Å². The smallest absolute Gasteiger partial charge is 0.242 e. The Morgan fingerprint density at radius 2 is 1.64 bits per heavy atom. The van der Waals surface area contributed by atoms with Crippen LogP contribution in [0.3, 0.4) is 0 Å². The Morgan fingerprint density at radius 1 is 1.00 bits per heavy atom. The molecule has 0 aliphatic heterocycles. The summed E-state index contributed by atoms with van der Waals surface area (Å²) in [6.07, 6.45) is 1.17. The fourth-order valence-electron chi connectivity index (χ4n) is 3.59. The second kappa shape index (κ2) is 13.3. The summed E-state index contributed by atoms with van der Waals surface area (Å²) in [6, 6.07) is 10.2. The van der Waals surface area contributed by atoms with Gasteiger partial charge < -0.3 is 19.7 Å². The van der Waals surface area contributed by atoms with Crippen LogP contribution in [0.2, 0.25) is 10.0 Å². The minimum atomic E-state index is -0.630. The molecule has 1 N–H and O–H groups in total. The van der Waals surface area contributed by atoms with E-state index in [1.807, 2.05) is 39.0 Å². The lowest BCUT2D eigenvalue weighted by Crippen LogP contribution is -2.48. The molecular formula is C25H32Cl2N2O4. The zero-order valence-corrected chi connectivity index (χ0v) is 21.1. The van der Waals surface area contributed by atoms with E-state index in [4.69, 9.17) is 32.7 Å². The maximum absolute atomic E-state index is 13.3. The van der Waals surface area contributed by atoms with Crippen molar-refractivity contribution in [3.63, 3.8) is 0 Å². The molecule has 33 heavy (non-hydrogen) atoms. The van der Waals surface area contributed by atoms with Gasteiger partial charge in [0.15, 0.2) is 11.5 Å². The van der Waals surface area contributed by atoms with E-state index >= 15 is 0 Å². The summed E-state index contributed by atoms with van der Waals surface area (Å²) in [6.45, 7) is 6.90. The van der Waals surface area contributed by atoms with Crippen molar-refractivity contribution in [1.29, 1.82) is 0 Å². The number of aryl methyl sites for hydroxylation is 1.